The number of para-hydroxylation sites is 1. The zero-order chi connectivity index (χ0) is 19.9. The second-order valence-corrected chi connectivity index (χ2v) is 7.03. The molecule has 1 aromatic heterocycles. The Morgan fingerprint density at radius 3 is 2.64 bits per heavy atom. The van der Waals surface area contributed by atoms with Gasteiger partial charge in [-0.05, 0) is 48.4 Å². The quantitative estimate of drug-likeness (QED) is 0.342. The Labute approximate surface area is 165 Å². The first-order valence-corrected chi connectivity index (χ1v) is 9.69. The van der Waals surface area contributed by atoms with Crippen LogP contribution in [-0.4, -0.2) is 21.8 Å². The highest BCUT2D eigenvalue weighted by Gasteiger charge is 2.15. The van der Waals surface area contributed by atoms with Gasteiger partial charge in [0.05, 0.1) is 0 Å². The third kappa shape index (κ3) is 4.77. The monoisotopic (exact) mass is 374 g/mol. The first kappa shape index (κ1) is 19.6. The van der Waals surface area contributed by atoms with Crippen LogP contribution in [0.4, 0.5) is 0 Å². The van der Waals surface area contributed by atoms with Gasteiger partial charge < -0.3 is 15.5 Å². The van der Waals surface area contributed by atoms with Crippen molar-refractivity contribution in [1.29, 1.82) is 5.41 Å². The summed E-state index contributed by atoms with van der Waals surface area (Å²) in [5, 5.41) is 18.5. The predicted molar refractivity (Wildman–Crippen MR) is 114 cm³/mol. The van der Waals surface area contributed by atoms with E-state index in [1.54, 1.807) is 6.08 Å². The molecular weight excluding hydrogens is 348 g/mol. The molecule has 1 unspecified atom stereocenters. The number of rotatable bonds is 9. The smallest absolute Gasteiger partial charge is 0.327 e. The Bertz CT molecular complexity index is 983. The molecule has 28 heavy (non-hydrogen) atoms. The molecule has 0 aliphatic heterocycles. The number of hydrogen-bond acceptors (Lipinski definition) is 2. The highest BCUT2D eigenvalue weighted by molar-refractivity contribution is 5.89. The van der Waals surface area contributed by atoms with Crippen LogP contribution < -0.4 is 0 Å². The second kappa shape index (κ2) is 9.18. The zero-order valence-electron chi connectivity index (χ0n) is 16.1. The van der Waals surface area contributed by atoms with Crippen LogP contribution in [0.15, 0.2) is 66.9 Å². The van der Waals surface area contributed by atoms with Crippen molar-refractivity contribution in [3.8, 4) is 0 Å². The number of aliphatic carboxylic acids is 1. The fourth-order valence-electron chi connectivity index (χ4n) is 3.65. The molecule has 0 fully saturated rings. The number of carbonyl (C=O) groups is 1. The Kier molecular flexibility index (Phi) is 6.43. The van der Waals surface area contributed by atoms with Crippen molar-refractivity contribution in [2.75, 3.05) is 0 Å². The number of aryl methyl sites for hydroxylation is 1. The Balaban J connectivity index is 1.63. The molecule has 3 N–H and O–H groups in total. The lowest BCUT2D eigenvalue weighted by molar-refractivity contribution is -0.131. The highest BCUT2D eigenvalue weighted by Crippen LogP contribution is 2.25. The van der Waals surface area contributed by atoms with E-state index in [0.717, 1.165) is 41.6 Å². The number of allylic oxidation sites excluding steroid dienone is 1. The van der Waals surface area contributed by atoms with E-state index < -0.39 is 5.97 Å². The molecule has 4 nitrogen and oxygen atoms in total. The van der Waals surface area contributed by atoms with Gasteiger partial charge in [0.1, 0.15) is 0 Å². The Hall–Kier alpha value is -3.14. The third-order valence-electron chi connectivity index (χ3n) is 5.16. The van der Waals surface area contributed by atoms with Gasteiger partial charge in [0.25, 0.3) is 0 Å². The van der Waals surface area contributed by atoms with Crippen LogP contribution in [0.1, 0.15) is 42.4 Å². The lowest BCUT2D eigenvalue weighted by Crippen LogP contribution is -2.12. The van der Waals surface area contributed by atoms with Crippen LogP contribution in [0.5, 0.6) is 0 Å². The van der Waals surface area contributed by atoms with Gasteiger partial charge in [0, 0.05) is 34.8 Å². The predicted octanol–water partition coefficient (Wildman–Crippen LogP) is 5.50. The molecule has 144 valence electrons. The van der Waals surface area contributed by atoms with Crippen LogP contribution in [0.25, 0.3) is 10.9 Å². The van der Waals surface area contributed by atoms with Crippen molar-refractivity contribution < 1.29 is 9.90 Å². The van der Waals surface area contributed by atoms with Gasteiger partial charge in [0.2, 0.25) is 0 Å². The fraction of sp³-hybridized carbons (Fsp3) is 0.250. The van der Waals surface area contributed by atoms with Crippen LogP contribution >= 0.6 is 0 Å². The minimum Gasteiger partial charge on any atom is -0.478 e. The summed E-state index contributed by atoms with van der Waals surface area (Å²) in [4.78, 5) is 13.9. The molecule has 4 heteroatoms. The zero-order valence-corrected chi connectivity index (χ0v) is 16.1. The van der Waals surface area contributed by atoms with Crippen molar-refractivity contribution in [1.82, 2.24) is 4.98 Å². The maximum Gasteiger partial charge on any atom is 0.327 e. The maximum absolute atomic E-state index is 10.6. The van der Waals surface area contributed by atoms with Crippen molar-refractivity contribution >= 4 is 22.6 Å². The van der Waals surface area contributed by atoms with Crippen molar-refractivity contribution in [3.63, 3.8) is 0 Å². The highest BCUT2D eigenvalue weighted by atomic mass is 16.4. The summed E-state index contributed by atoms with van der Waals surface area (Å²) in [7, 11) is 0. The Morgan fingerprint density at radius 2 is 1.93 bits per heavy atom. The molecule has 2 aromatic carbocycles. The van der Waals surface area contributed by atoms with Crippen LogP contribution in [0.3, 0.4) is 0 Å². The van der Waals surface area contributed by atoms with Crippen LogP contribution in [-0.2, 0) is 17.6 Å². The molecule has 1 heterocycles. The summed E-state index contributed by atoms with van der Waals surface area (Å²) >= 11 is 0. The van der Waals surface area contributed by atoms with Gasteiger partial charge in [-0.25, -0.2) is 4.79 Å². The molecule has 0 radical (unpaired) electrons. The lowest BCUT2D eigenvalue weighted by Gasteiger charge is -2.17. The molecular formula is C24H26N2O2. The topological polar surface area (TPSA) is 76.9 Å². The van der Waals surface area contributed by atoms with E-state index in [9.17, 15) is 4.79 Å². The molecule has 0 aliphatic rings. The van der Waals surface area contributed by atoms with E-state index in [1.165, 1.54) is 17.0 Å². The molecule has 0 saturated heterocycles. The van der Waals surface area contributed by atoms with Crippen molar-refractivity contribution in [2.24, 2.45) is 0 Å². The number of carboxylic acids is 1. The normalized spacial score (nSPS) is 12.5. The van der Waals surface area contributed by atoms with Crippen molar-refractivity contribution in [2.45, 2.75) is 38.5 Å². The van der Waals surface area contributed by atoms with Crippen LogP contribution in [0, 0.1) is 5.41 Å². The van der Waals surface area contributed by atoms with Gasteiger partial charge in [-0.15, -0.1) is 0 Å². The maximum atomic E-state index is 10.6. The summed E-state index contributed by atoms with van der Waals surface area (Å²) in [6.07, 6.45) is 7.96. The number of benzene rings is 2. The summed E-state index contributed by atoms with van der Waals surface area (Å²) in [5.41, 5.74) is 5.38. The van der Waals surface area contributed by atoms with E-state index in [4.69, 9.17) is 10.5 Å². The van der Waals surface area contributed by atoms with E-state index in [2.05, 4.69) is 42.4 Å². The van der Waals surface area contributed by atoms with Gasteiger partial charge in [-0.3, -0.25) is 0 Å². The number of nitrogens with one attached hydrogen (secondary N) is 2. The average molecular weight is 374 g/mol. The fourth-order valence-corrected chi connectivity index (χ4v) is 3.65. The standard InChI is InChI=1S/C24H26N2O2/c1-2-20(18-12-10-17(11-13-18)6-5-9-24(27)28)22(25)15-14-19-16-26-23-8-4-3-7-21(19)23/h3-5,7-13,16,20,25-26H,2,6,14-15H2,1H3,(H,27,28)/b9-5+,25-22?. The lowest BCUT2D eigenvalue weighted by atomic mass is 9.88. The molecule has 1 atom stereocenters. The van der Waals surface area contributed by atoms with E-state index in [1.807, 2.05) is 24.3 Å². The minimum atomic E-state index is -0.925. The van der Waals surface area contributed by atoms with Gasteiger partial charge in [0.15, 0.2) is 0 Å². The van der Waals surface area contributed by atoms with E-state index >= 15 is 0 Å². The molecule has 0 aliphatic carbocycles. The van der Waals surface area contributed by atoms with Crippen LogP contribution in [0.2, 0.25) is 0 Å². The number of aromatic amines is 1. The molecule has 0 amide bonds. The van der Waals surface area contributed by atoms with Gasteiger partial charge in [-0.1, -0.05) is 55.5 Å². The first-order valence-electron chi connectivity index (χ1n) is 9.69. The van der Waals surface area contributed by atoms with Gasteiger partial charge in [-0.2, -0.15) is 0 Å². The summed E-state index contributed by atoms with van der Waals surface area (Å²) in [6, 6.07) is 16.5. The number of aromatic nitrogens is 1. The first-order chi connectivity index (χ1) is 13.6. The number of fused-ring (bicyclic) bond motifs is 1. The molecule has 0 bridgehead atoms. The summed E-state index contributed by atoms with van der Waals surface area (Å²) in [6.45, 7) is 2.12. The molecule has 0 saturated carbocycles. The molecule has 3 rings (SSSR count). The molecule has 0 spiro atoms. The van der Waals surface area contributed by atoms with Gasteiger partial charge >= 0.3 is 5.97 Å². The average Bonchev–Trinajstić information content (AvgIpc) is 3.11. The number of hydrogen-bond donors (Lipinski definition) is 3. The van der Waals surface area contributed by atoms with Crippen molar-refractivity contribution in [3.05, 3.63) is 83.6 Å². The second-order valence-electron chi connectivity index (χ2n) is 7.03. The number of carboxylic acid groups (broad SMARTS) is 1. The SMILES string of the molecule is CCC(C(=N)CCc1c[nH]c2ccccc12)c1ccc(C/C=C/C(=O)O)cc1. The van der Waals surface area contributed by atoms with E-state index in [0.29, 0.717) is 6.42 Å². The Morgan fingerprint density at radius 1 is 1.18 bits per heavy atom. The summed E-state index contributed by atoms with van der Waals surface area (Å²) < 4.78 is 0. The summed E-state index contributed by atoms with van der Waals surface area (Å²) in [5.74, 6) is -0.805. The van der Waals surface area contributed by atoms with E-state index in [-0.39, 0.29) is 5.92 Å². The largest absolute Gasteiger partial charge is 0.478 e. The minimum absolute atomic E-state index is 0.119. The molecule has 3 aromatic rings. The number of H-pyrrole nitrogens is 1. The third-order valence-corrected chi connectivity index (χ3v) is 5.16.